The number of ether oxygens (including phenoxy) is 2. The number of rotatable bonds is 6. The average molecular weight is 402 g/mol. The van der Waals surface area contributed by atoms with E-state index in [2.05, 4.69) is 5.32 Å². The Morgan fingerprint density at radius 3 is 2.68 bits per heavy atom. The van der Waals surface area contributed by atoms with Crippen LogP contribution in [0.1, 0.15) is 58.1 Å². The van der Waals surface area contributed by atoms with Gasteiger partial charge in [-0.15, -0.1) is 11.3 Å². The zero-order valence-electron chi connectivity index (χ0n) is 16.9. The van der Waals surface area contributed by atoms with Gasteiger partial charge >= 0.3 is 5.97 Å². The predicted octanol–water partition coefficient (Wildman–Crippen LogP) is 4.83. The van der Waals surface area contributed by atoms with Gasteiger partial charge in [-0.3, -0.25) is 4.79 Å². The Labute approximate surface area is 170 Å². The average Bonchev–Trinajstić information content (AvgIpc) is 3.06. The van der Waals surface area contributed by atoms with Crippen molar-refractivity contribution in [2.45, 2.75) is 59.0 Å². The van der Waals surface area contributed by atoms with E-state index >= 15 is 0 Å². The summed E-state index contributed by atoms with van der Waals surface area (Å²) in [6, 6.07) is 5.81. The Morgan fingerprint density at radius 1 is 1.21 bits per heavy atom. The number of anilines is 1. The van der Waals surface area contributed by atoms with Crippen molar-refractivity contribution in [1.29, 1.82) is 0 Å². The number of benzene rings is 1. The molecule has 0 bridgehead atoms. The van der Waals surface area contributed by atoms with E-state index in [-0.39, 0.29) is 5.91 Å². The van der Waals surface area contributed by atoms with Crippen LogP contribution < -0.4 is 10.1 Å². The first-order valence-electron chi connectivity index (χ1n) is 9.72. The summed E-state index contributed by atoms with van der Waals surface area (Å²) in [5, 5.41) is 3.52. The molecule has 1 heterocycles. The molecule has 1 unspecified atom stereocenters. The fourth-order valence-corrected chi connectivity index (χ4v) is 4.77. The molecule has 0 spiro atoms. The van der Waals surface area contributed by atoms with Gasteiger partial charge in [0.1, 0.15) is 10.8 Å². The van der Waals surface area contributed by atoms with Gasteiger partial charge in [-0.25, -0.2) is 4.79 Å². The summed E-state index contributed by atoms with van der Waals surface area (Å²) in [5.74, 6) is 0.0750. The number of fused-ring (bicyclic) bond motifs is 1. The Kier molecular flexibility index (Phi) is 6.39. The lowest BCUT2D eigenvalue weighted by molar-refractivity contribution is -0.122. The number of thiophene rings is 1. The zero-order chi connectivity index (χ0) is 20.3. The molecule has 150 valence electrons. The summed E-state index contributed by atoms with van der Waals surface area (Å²) in [5.41, 5.74) is 3.68. The van der Waals surface area contributed by atoms with E-state index in [1.807, 2.05) is 39.0 Å². The molecule has 1 aromatic carbocycles. The van der Waals surface area contributed by atoms with E-state index in [1.165, 1.54) is 23.3 Å². The minimum atomic E-state index is -0.634. The van der Waals surface area contributed by atoms with Crippen molar-refractivity contribution >= 4 is 28.2 Å². The second-order valence-electron chi connectivity index (χ2n) is 7.11. The van der Waals surface area contributed by atoms with Crippen LogP contribution in [0, 0.1) is 13.8 Å². The van der Waals surface area contributed by atoms with Crippen molar-refractivity contribution in [2.24, 2.45) is 0 Å². The third kappa shape index (κ3) is 4.07. The maximum atomic E-state index is 12.9. The summed E-state index contributed by atoms with van der Waals surface area (Å²) in [4.78, 5) is 26.5. The summed E-state index contributed by atoms with van der Waals surface area (Å²) in [6.45, 7) is 5.91. The van der Waals surface area contributed by atoms with Crippen LogP contribution in [0.4, 0.5) is 5.00 Å². The molecule has 0 saturated heterocycles. The minimum absolute atomic E-state index is 0.243. The first kappa shape index (κ1) is 20.4. The Hall–Kier alpha value is -2.34. The molecule has 6 heteroatoms. The second-order valence-corrected chi connectivity index (χ2v) is 8.21. The predicted molar refractivity (Wildman–Crippen MR) is 112 cm³/mol. The highest BCUT2D eigenvalue weighted by atomic mass is 32.1. The number of carbonyl (C=O) groups is 2. The number of amides is 1. The molecule has 5 nitrogen and oxygen atoms in total. The van der Waals surface area contributed by atoms with E-state index in [9.17, 15) is 9.59 Å². The fourth-order valence-electron chi connectivity index (χ4n) is 3.49. The lowest BCUT2D eigenvalue weighted by atomic mass is 9.95. The number of aryl methyl sites for hydroxylation is 2. The summed E-state index contributed by atoms with van der Waals surface area (Å²) in [6.07, 6.45) is 3.84. The van der Waals surface area contributed by atoms with E-state index < -0.39 is 12.1 Å². The number of nitrogens with one attached hydrogen (secondary N) is 1. The Balaban J connectivity index is 1.84. The second kappa shape index (κ2) is 8.78. The molecule has 1 aliphatic carbocycles. The van der Waals surface area contributed by atoms with E-state index in [0.717, 1.165) is 42.4 Å². The highest BCUT2D eigenvalue weighted by molar-refractivity contribution is 7.17. The van der Waals surface area contributed by atoms with Gasteiger partial charge in [0.25, 0.3) is 5.91 Å². The molecule has 1 amide bonds. The first-order chi connectivity index (χ1) is 13.5. The summed E-state index contributed by atoms with van der Waals surface area (Å²) >= 11 is 1.49. The lowest BCUT2D eigenvalue weighted by Gasteiger charge is -2.19. The molecule has 0 saturated carbocycles. The van der Waals surface area contributed by atoms with Crippen LogP contribution in [-0.2, 0) is 22.4 Å². The van der Waals surface area contributed by atoms with Crippen LogP contribution in [0.2, 0.25) is 0 Å². The first-order valence-corrected chi connectivity index (χ1v) is 10.5. The number of carbonyl (C=O) groups excluding carboxylic acids is 2. The maximum absolute atomic E-state index is 12.9. The highest BCUT2D eigenvalue weighted by Gasteiger charge is 2.29. The number of hydrogen-bond acceptors (Lipinski definition) is 5. The molecule has 2 aromatic rings. The van der Waals surface area contributed by atoms with Gasteiger partial charge in [-0.2, -0.15) is 0 Å². The maximum Gasteiger partial charge on any atom is 0.341 e. The van der Waals surface area contributed by atoms with Crippen LogP contribution in [0.5, 0.6) is 5.75 Å². The van der Waals surface area contributed by atoms with Gasteiger partial charge in [0.2, 0.25) is 0 Å². The van der Waals surface area contributed by atoms with Crippen LogP contribution in [0.15, 0.2) is 18.2 Å². The number of esters is 1. The third-order valence-electron chi connectivity index (χ3n) is 5.28. The fraction of sp³-hybridized carbons (Fsp3) is 0.455. The molecule has 28 heavy (non-hydrogen) atoms. The van der Waals surface area contributed by atoms with E-state index in [0.29, 0.717) is 22.7 Å². The number of methoxy groups -OCH3 is 1. The largest absolute Gasteiger partial charge is 0.480 e. The molecular weight excluding hydrogens is 374 g/mol. The normalized spacial score (nSPS) is 14.1. The van der Waals surface area contributed by atoms with Crippen molar-refractivity contribution < 1.29 is 19.1 Å². The minimum Gasteiger partial charge on any atom is -0.480 e. The monoisotopic (exact) mass is 401 g/mol. The molecule has 0 fully saturated rings. The van der Waals surface area contributed by atoms with Gasteiger partial charge in [-0.05, 0) is 68.7 Å². The van der Waals surface area contributed by atoms with Crippen LogP contribution in [0.3, 0.4) is 0 Å². The molecule has 3 rings (SSSR count). The quantitative estimate of drug-likeness (QED) is 0.705. The Bertz CT molecular complexity index is 887. The van der Waals surface area contributed by atoms with Crippen LogP contribution >= 0.6 is 11.3 Å². The molecular formula is C22H27NO4S. The summed E-state index contributed by atoms with van der Waals surface area (Å²) < 4.78 is 11.0. The van der Waals surface area contributed by atoms with Crippen molar-refractivity contribution in [1.82, 2.24) is 0 Å². The highest BCUT2D eigenvalue weighted by Crippen LogP contribution is 2.38. The van der Waals surface area contributed by atoms with Crippen molar-refractivity contribution in [3.63, 3.8) is 0 Å². The van der Waals surface area contributed by atoms with Gasteiger partial charge in [0, 0.05) is 4.88 Å². The van der Waals surface area contributed by atoms with Crippen LogP contribution in [0.25, 0.3) is 0 Å². The lowest BCUT2D eigenvalue weighted by Crippen LogP contribution is -2.32. The standard InChI is InChI=1S/C22H27NO4S/c1-5-16(27-17-11-8-9-13(2)14(17)3)20(24)23-21-19(22(25)26-4)15-10-6-7-12-18(15)28-21/h8-9,11,16H,5-7,10,12H2,1-4H3,(H,23,24). The number of hydrogen-bond donors (Lipinski definition) is 1. The third-order valence-corrected chi connectivity index (χ3v) is 6.49. The van der Waals surface area contributed by atoms with Crippen molar-refractivity contribution in [3.05, 3.63) is 45.3 Å². The Morgan fingerprint density at radius 2 is 1.96 bits per heavy atom. The smallest absolute Gasteiger partial charge is 0.341 e. The van der Waals surface area contributed by atoms with Crippen molar-refractivity contribution in [2.75, 3.05) is 12.4 Å². The van der Waals surface area contributed by atoms with E-state index in [1.54, 1.807) is 0 Å². The van der Waals surface area contributed by atoms with Gasteiger partial charge in [-0.1, -0.05) is 19.1 Å². The zero-order valence-corrected chi connectivity index (χ0v) is 17.7. The molecule has 1 aliphatic rings. The SMILES string of the molecule is CCC(Oc1cccc(C)c1C)C(=O)Nc1sc2c(c1C(=O)OC)CCCC2. The molecule has 1 aromatic heterocycles. The van der Waals surface area contributed by atoms with Gasteiger partial charge in [0.05, 0.1) is 12.7 Å². The topological polar surface area (TPSA) is 64.6 Å². The van der Waals surface area contributed by atoms with Crippen LogP contribution in [-0.4, -0.2) is 25.1 Å². The van der Waals surface area contributed by atoms with Gasteiger partial charge in [0.15, 0.2) is 6.10 Å². The molecule has 0 radical (unpaired) electrons. The molecule has 1 N–H and O–H groups in total. The molecule has 1 atom stereocenters. The van der Waals surface area contributed by atoms with E-state index in [4.69, 9.17) is 9.47 Å². The summed E-state index contributed by atoms with van der Waals surface area (Å²) in [7, 11) is 1.37. The molecule has 0 aliphatic heterocycles. The van der Waals surface area contributed by atoms with Gasteiger partial charge < -0.3 is 14.8 Å². The van der Waals surface area contributed by atoms with Crippen molar-refractivity contribution in [3.8, 4) is 5.75 Å².